The summed E-state index contributed by atoms with van der Waals surface area (Å²) in [7, 11) is 1.87. The number of carbonyl (C=O) groups is 1. The van der Waals surface area contributed by atoms with Crippen LogP contribution in [0.3, 0.4) is 0 Å². The molecule has 1 aliphatic heterocycles. The van der Waals surface area contributed by atoms with Crippen LogP contribution < -0.4 is 16.0 Å². The molecule has 2 unspecified atom stereocenters. The number of likely N-dealkylation sites (N-methyl/N-ethyl adjacent to an activating group) is 1. The van der Waals surface area contributed by atoms with Gasteiger partial charge in [-0.2, -0.15) is 0 Å². The Morgan fingerprint density at radius 2 is 2.50 bits per heavy atom. The molecule has 5 heteroatoms. The number of hydrogen-bond acceptors (Lipinski definition) is 4. The van der Waals surface area contributed by atoms with Gasteiger partial charge in [-0.05, 0) is 14.0 Å². The van der Waals surface area contributed by atoms with Crippen LogP contribution in [0.1, 0.15) is 6.92 Å². The van der Waals surface area contributed by atoms with E-state index in [-0.39, 0.29) is 11.9 Å². The lowest BCUT2D eigenvalue weighted by Crippen LogP contribution is -2.52. The Morgan fingerprint density at radius 1 is 1.71 bits per heavy atom. The summed E-state index contributed by atoms with van der Waals surface area (Å²) >= 11 is 0. The van der Waals surface area contributed by atoms with E-state index in [0.717, 1.165) is 6.54 Å². The highest BCUT2D eigenvalue weighted by atomic mass is 16.5. The van der Waals surface area contributed by atoms with Crippen LogP contribution in [0.5, 0.6) is 0 Å². The third kappa shape index (κ3) is 3.61. The van der Waals surface area contributed by atoms with Gasteiger partial charge in [-0.3, -0.25) is 4.79 Å². The predicted octanol–water partition coefficient (Wildman–Crippen LogP) is -1.30. The van der Waals surface area contributed by atoms with Gasteiger partial charge in [0.2, 0.25) is 5.91 Å². The van der Waals surface area contributed by atoms with E-state index in [1.807, 2.05) is 14.0 Å². The highest BCUT2D eigenvalue weighted by Crippen LogP contribution is 1.92. The number of carbonyl (C=O) groups excluding carboxylic acids is 1. The van der Waals surface area contributed by atoms with Gasteiger partial charge in [-0.15, -0.1) is 0 Å². The number of morpholine rings is 1. The van der Waals surface area contributed by atoms with E-state index in [0.29, 0.717) is 25.8 Å². The van der Waals surface area contributed by atoms with Gasteiger partial charge in [0.15, 0.2) is 0 Å². The molecule has 0 aromatic rings. The van der Waals surface area contributed by atoms with Crippen LogP contribution in [-0.4, -0.2) is 51.3 Å². The van der Waals surface area contributed by atoms with E-state index in [2.05, 4.69) is 16.0 Å². The van der Waals surface area contributed by atoms with Crippen molar-refractivity contribution < 1.29 is 9.53 Å². The molecule has 1 fully saturated rings. The Morgan fingerprint density at radius 3 is 3.07 bits per heavy atom. The third-order valence-electron chi connectivity index (χ3n) is 2.31. The first kappa shape index (κ1) is 11.4. The summed E-state index contributed by atoms with van der Waals surface area (Å²) in [6.45, 7) is 4.58. The lowest BCUT2D eigenvalue weighted by molar-refractivity contribution is -0.125. The molecule has 0 aromatic carbocycles. The Hall–Kier alpha value is -0.650. The van der Waals surface area contributed by atoms with E-state index in [1.54, 1.807) is 0 Å². The van der Waals surface area contributed by atoms with E-state index >= 15 is 0 Å². The summed E-state index contributed by atoms with van der Waals surface area (Å²) in [6.07, 6.45) is 0. The van der Waals surface area contributed by atoms with E-state index in [1.165, 1.54) is 0 Å². The maximum atomic E-state index is 11.5. The van der Waals surface area contributed by atoms with Crippen LogP contribution in [0.2, 0.25) is 0 Å². The maximum Gasteiger partial charge on any atom is 0.239 e. The molecule has 82 valence electrons. The van der Waals surface area contributed by atoms with Crippen molar-refractivity contribution in [2.24, 2.45) is 0 Å². The largest absolute Gasteiger partial charge is 0.378 e. The van der Waals surface area contributed by atoms with Crippen LogP contribution >= 0.6 is 0 Å². The molecule has 1 aliphatic rings. The standard InChI is InChI=1S/C9H19N3O2/c1-7(10-2)5-12-9(13)8-6-14-4-3-11-8/h7-8,10-11H,3-6H2,1-2H3,(H,12,13). The first-order valence-electron chi connectivity index (χ1n) is 5.00. The molecule has 0 radical (unpaired) electrons. The molecule has 5 nitrogen and oxygen atoms in total. The molecule has 3 N–H and O–H groups in total. The maximum absolute atomic E-state index is 11.5. The molecule has 14 heavy (non-hydrogen) atoms. The average molecular weight is 201 g/mol. The van der Waals surface area contributed by atoms with Gasteiger partial charge in [-0.1, -0.05) is 0 Å². The third-order valence-corrected chi connectivity index (χ3v) is 2.31. The molecule has 0 aromatic heterocycles. The van der Waals surface area contributed by atoms with Gasteiger partial charge in [0.1, 0.15) is 6.04 Å². The molecular formula is C9H19N3O2. The second-order valence-corrected chi connectivity index (χ2v) is 3.52. The summed E-state index contributed by atoms with van der Waals surface area (Å²) in [5, 5.41) is 9.02. The Labute approximate surface area is 84.6 Å². The number of hydrogen-bond donors (Lipinski definition) is 3. The van der Waals surface area contributed by atoms with E-state index in [9.17, 15) is 4.79 Å². The highest BCUT2D eigenvalue weighted by molar-refractivity contribution is 5.82. The summed E-state index contributed by atoms with van der Waals surface area (Å²) < 4.78 is 5.20. The van der Waals surface area contributed by atoms with E-state index in [4.69, 9.17) is 4.74 Å². The summed E-state index contributed by atoms with van der Waals surface area (Å²) in [4.78, 5) is 11.5. The van der Waals surface area contributed by atoms with Gasteiger partial charge in [0.05, 0.1) is 13.2 Å². The minimum atomic E-state index is -0.187. The highest BCUT2D eigenvalue weighted by Gasteiger charge is 2.20. The molecule has 1 rings (SSSR count). The molecule has 0 aliphatic carbocycles. The fourth-order valence-electron chi connectivity index (χ4n) is 1.21. The van der Waals surface area contributed by atoms with Gasteiger partial charge < -0.3 is 20.7 Å². The van der Waals surface area contributed by atoms with Crippen LogP contribution in [0.15, 0.2) is 0 Å². The van der Waals surface area contributed by atoms with Crippen molar-refractivity contribution in [3.05, 3.63) is 0 Å². The smallest absolute Gasteiger partial charge is 0.239 e. The average Bonchev–Trinajstić information content (AvgIpc) is 2.26. The molecule has 0 bridgehead atoms. The second kappa shape index (κ2) is 5.95. The number of ether oxygens (including phenoxy) is 1. The van der Waals surface area contributed by atoms with Crippen molar-refractivity contribution in [3.8, 4) is 0 Å². The monoisotopic (exact) mass is 201 g/mol. The second-order valence-electron chi connectivity index (χ2n) is 3.52. The van der Waals surface area contributed by atoms with E-state index < -0.39 is 0 Å². The van der Waals surface area contributed by atoms with Crippen molar-refractivity contribution in [2.75, 3.05) is 33.4 Å². The quantitative estimate of drug-likeness (QED) is 0.529. The predicted molar refractivity (Wildman–Crippen MR) is 54.1 cm³/mol. The van der Waals surface area contributed by atoms with Crippen LogP contribution in [-0.2, 0) is 9.53 Å². The summed E-state index contributed by atoms with van der Waals surface area (Å²) in [5.74, 6) is 0.0202. The summed E-state index contributed by atoms with van der Waals surface area (Å²) in [6, 6.07) is 0.108. The van der Waals surface area contributed by atoms with Crippen molar-refractivity contribution in [3.63, 3.8) is 0 Å². The number of amides is 1. The Bertz CT molecular complexity index is 181. The SMILES string of the molecule is CNC(C)CNC(=O)C1COCCN1. The first-order valence-corrected chi connectivity index (χ1v) is 5.00. The van der Waals surface area contributed by atoms with Gasteiger partial charge in [0.25, 0.3) is 0 Å². The van der Waals surface area contributed by atoms with Gasteiger partial charge >= 0.3 is 0 Å². The Balaban J connectivity index is 2.19. The lowest BCUT2D eigenvalue weighted by Gasteiger charge is -2.23. The molecule has 0 saturated carbocycles. The molecule has 1 heterocycles. The summed E-state index contributed by atoms with van der Waals surface area (Å²) in [5.41, 5.74) is 0. The molecule has 0 spiro atoms. The Kier molecular flexibility index (Phi) is 4.86. The zero-order valence-corrected chi connectivity index (χ0v) is 8.80. The minimum absolute atomic E-state index is 0.0202. The van der Waals surface area contributed by atoms with Gasteiger partial charge in [-0.25, -0.2) is 0 Å². The van der Waals surface area contributed by atoms with Gasteiger partial charge in [0, 0.05) is 19.1 Å². The van der Waals surface area contributed by atoms with Crippen LogP contribution in [0.25, 0.3) is 0 Å². The van der Waals surface area contributed by atoms with Crippen LogP contribution in [0, 0.1) is 0 Å². The fourth-order valence-corrected chi connectivity index (χ4v) is 1.21. The van der Waals surface area contributed by atoms with Crippen molar-refractivity contribution in [1.29, 1.82) is 0 Å². The fraction of sp³-hybridized carbons (Fsp3) is 0.889. The molecule has 1 saturated heterocycles. The zero-order valence-electron chi connectivity index (χ0n) is 8.80. The molecule has 2 atom stereocenters. The zero-order chi connectivity index (χ0) is 10.4. The van der Waals surface area contributed by atoms with Crippen molar-refractivity contribution in [1.82, 2.24) is 16.0 Å². The lowest BCUT2D eigenvalue weighted by atomic mass is 10.2. The minimum Gasteiger partial charge on any atom is -0.378 e. The van der Waals surface area contributed by atoms with Crippen LogP contribution in [0.4, 0.5) is 0 Å². The normalized spacial score (nSPS) is 24.3. The topological polar surface area (TPSA) is 62.4 Å². The van der Waals surface area contributed by atoms with Crippen molar-refractivity contribution in [2.45, 2.75) is 19.0 Å². The molecular weight excluding hydrogens is 182 g/mol. The molecule has 1 amide bonds. The first-order chi connectivity index (χ1) is 6.74. The number of nitrogens with one attached hydrogen (secondary N) is 3. The number of rotatable bonds is 4. The van der Waals surface area contributed by atoms with Crippen molar-refractivity contribution >= 4 is 5.91 Å².